The maximum atomic E-state index is 10.4. The molecule has 1 atom stereocenters. The van der Waals surface area contributed by atoms with Gasteiger partial charge in [-0.1, -0.05) is 0 Å². The molecule has 1 fully saturated rings. The fraction of sp³-hybridized carbons (Fsp3) is 0.857. The zero-order valence-corrected chi connectivity index (χ0v) is 7.43. The van der Waals surface area contributed by atoms with Gasteiger partial charge in [0.25, 0.3) is 0 Å². The zero-order valence-electron chi connectivity index (χ0n) is 6.62. The van der Waals surface area contributed by atoms with Crippen molar-refractivity contribution >= 4 is 18.4 Å². The Kier molecular flexibility index (Phi) is 4.45. The van der Waals surface area contributed by atoms with Crippen LogP contribution >= 0.6 is 12.4 Å². The molecule has 1 aliphatic heterocycles. The molecule has 0 aromatic heterocycles. The van der Waals surface area contributed by atoms with E-state index < -0.39 is 5.97 Å². The van der Waals surface area contributed by atoms with Gasteiger partial charge in [0.2, 0.25) is 0 Å². The monoisotopic (exact) mass is 179 g/mol. The minimum absolute atomic E-state index is 0. The van der Waals surface area contributed by atoms with Gasteiger partial charge in [0, 0.05) is 0 Å². The third-order valence-corrected chi connectivity index (χ3v) is 2.05. The number of hydrogen-bond donors (Lipinski definition) is 1. The lowest BCUT2D eigenvalue weighted by Gasteiger charge is -2.18. The second kappa shape index (κ2) is 4.57. The minimum Gasteiger partial charge on any atom is -0.480 e. The number of carbonyl (C=O) groups is 1. The van der Waals surface area contributed by atoms with Crippen molar-refractivity contribution in [2.45, 2.75) is 25.8 Å². The average molecular weight is 180 g/mol. The first-order valence-corrected chi connectivity index (χ1v) is 3.68. The van der Waals surface area contributed by atoms with Crippen LogP contribution in [-0.2, 0) is 4.79 Å². The van der Waals surface area contributed by atoms with Crippen molar-refractivity contribution in [2.75, 3.05) is 13.1 Å². The Morgan fingerprint density at radius 1 is 1.45 bits per heavy atom. The average Bonchev–Trinajstić information content (AvgIpc) is 2.36. The highest BCUT2D eigenvalue weighted by molar-refractivity contribution is 5.85. The summed E-state index contributed by atoms with van der Waals surface area (Å²) in [6.45, 7) is 3.65. The molecule has 11 heavy (non-hydrogen) atoms. The smallest absolute Gasteiger partial charge is 0.320 e. The van der Waals surface area contributed by atoms with Crippen LogP contribution in [0.25, 0.3) is 0 Å². The molecule has 0 bridgehead atoms. The summed E-state index contributed by atoms with van der Waals surface area (Å²) in [5, 5.41) is 8.60. The van der Waals surface area contributed by atoms with Gasteiger partial charge in [0.1, 0.15) is 6.04 Å². The molecular weight excluding hydrogens is 166 g/mol. The molecule has 0 aromatic rings. The van der Waals surface area contributed by atoms with Gasteiger partial charge in [-0.2, -0.15) is 0 Å². The van der Waals surface area contributed by atoms with Crippen molar-refractivity contribution in [3.63, 3.8) is 0 Å². The molecule has 0 aliphatic carbocycles. The number of rotatable bonds is 2. The summed E-state index contributed by atoms with van der Waals surface area (Å²) in [6.07, 6.45) is 2.30. The summed E-state index contributed by atoms with van der Waals surface area (Å²) in [7, 11) is 0. The lowest BCUT2D eigenvalue weighted by molar-refractivity contribution is -0.142. The summed E-state index contributed by atoms with van der Waals surface area (Å²) in [5.41, 5.74) is 0. The first-order chi connectivity index (χ1) is 4.72. The third kappa shape index (κ3) is 2.67. The van der Waals surface area contributed by atoms with Crippen LogP contribution in [0.5, 0.6) is 0 Å². The van der Waals surface area contributed by atoms with Gasteiger partial charge in [-0.25, -0.2) is 0 Å². The van der Waals surface area contributed by atoms with E-state index in [2.05, 4.69) is 0 Å². The number of aliphatic carboxylic acids is 1. The van der Waals surface area contributed by atoms with Crippen LogP contribution in [0.15, 0.2) is 0 Å². The lowest BCUT2D eigenvalue weighted by Crippen LogP contribution is -2.36. The molecule has 0 aromatic carbocycles. The molecule has 0 radical (unpaired) electrons. The number of likely N-dealkylation sites (tertiary alicyclic amines) is 1. The highest BCUT2D eigenvalue weighted by Gasteiger charge is 2.22. The predicted molar refractivity (Wildman–Crippen MR) is 45.2 cm³/mol. The van der Waals surface area contributed by atoms with E-state index in [-0.39, 0.29) is 18.4 Å². The van der Waals surface area contributed by atoms with Crippen molar-refractivity contribution in [2.24, 2.45) is 0 Å². The van der Waals surface area contributed by atoms with Crippen molar-refractivity contribution in [1.82, 2.24) is 4.90 Å². The SMILES string of the molecule is C[C@@H](C(=O)O)N1CCCC1.Cl. The van der Waals surface area contributed by atoms with E-state index in [1.807, 2.05) is 4.90 Å². The van der Waals surface area contributed by atoms with Gasteiger partial charge in [-0.05, 0) is 32.9 Å². The number of hydrogen-bond acceptors (Lipinski definition) is 2. The quantitative estimate of drug-likeness (QED) is 0.687. The van der Waals surface area contributed by atoms with Crippen molar-refractivity contribution in [3.8, 4) is 0 Å². The zero-order chi connectivity index (χ0) is 7.56. The Morgan fingerprint density at radius 3 is 2.27 bits per heavy atom. The van der Waals surface area contributed by atoms with Gasteiger partial charge in [0.15, 0.2) is 0 Å². The molecule has 1 rings (SSSR count). The normalized spacial score (nSPS) is 20.8. The molecule has 0 spiro atoms. The van der Waals surface area contributed by atoms with Crippen LogP contribution in [0.4, 0.5) is 0 Å². The van der Waals surface area contributed by atoms with Crippen molar-refractivity contribution in [3.05, 3.63) is 0 Å². The Balaban J connectivity index is 0.000001000. The van der Waals surface area contributed by atoms with E-state index >= 15 is 0 Å². The van der Waals surface area contributed by atoms with Gasteiger partial charge < -0.3 is 5.11 Å². The first-order valence-electron chi connectivity index (χ1n) is 3.68. The second-order valence-electron chi connectivity index (χ2n) is 2.76. The summed E-state index contributed by atoms with van der Waals surface area (Å²) in [4.78, 5) is 12.4. The summed E-state index contributed by atoms with van der Waals surface area (Å²) in [5.74, 6) is -0.707. The first kappa shape index (κ1) is 10.7. The van der Waals surface area contributed by atoms with E-state index in [4.69, 9.17) is 5.11 Å². The molecule has 1 aliphatic rings. The van der Waals surface area contributed by atoms with Crippen LogP contribution in [0.1, 0.15) is 19.8 Å². The van der Waals surface area contributed by atoms with Crippen LogP contribution in [0.3, 0.4) is 0 Å². The maximum Gasteiger partial charge on any atom is 0.320 e. The number of carboxylic acids is 1. The molecule has 0 amide bonds. The molecule has 1 N–H and O–H groups in total. The molecule has 1 heterocycles. The number of carboxylic acid groups (broad SMARTS) is 1. The predicted octanol–water partition coefficient (Wildman–Crippen LogP) is 0.977. The Morgan fingerprint density at radius 2 is 1.91 bits per heavy atom. The van der Waals surface area contributed by atoms with Gasteiger partial charge >= 0.3 is 5.97 Å². The van der Waals surface area contributed by atoms with Crippen LogP contribution < -0.4 is 0 Å². The Bertz CT molecular complexity index is 134. The highest BCUT2D eigenvalue weighted by Crippen LogP contribution is 2.10. The topological polar surface area (TPSA) is 40.5 Å². The maximum absolute atomic E-state index is 10.4. The van der Waals surface area contributed by atoms with Gasteiger partial charge in [0.05, 0.1) is 0 Å². The van der Waals surface area contributed by atoms with E-state index in [1.54, 1.807) is 6.92 Å². The molecular formula is C7H14ClNO2. The molecule has 4 heteroatoms. The van der Waals surface area contributed by atoms with E-state index in [0.717, 1.165) is 25.9 Å². The highest BCUT2D eigenvalue weighted by atomic mass is 35.5. The van der Waals surface area contributed by atoms with Gasteiger partial charge in [-0.3, -0.25) is 9.69 Å². The molecule has 66 valence electrons. The summed E-state index contributed by atoms with van der Waals surface area (Å²) < 4.78 is 0. The van der Waals surface area contributed by atoms with E-state index in [9.17, 15) is 4.79 Å². The second-order valence-corrected chi connectivity index (χ2v) is 2.76. The standard InChI is InChI=1S/C7H13NO2.ClH/c1-6(7(9)10)8-4-2-3-5-8;/h6H,2-5H2,1H3,(H,9,10);1H/t6-;/m0./s1. The Labute approximate surface area is 72.8 Å². The summed E-state index contributed by atoms with van der Waals surface area (Å²) >= 11 is 0. The van der Waals surface area contributed by atoms with Crippen LogP contribution in [0, 0.1) is 0 Å². The van der Waals surface area contributed by atoms with Gasteiger partial charge in [-0.15, -0.1) is 12.4 Å². The Hall–Kier alpha value is -0.280. The third-order valence-electron chi connectivity index (χ3n) is 2.05. The van der Waals surface area contributed by atoms with Crippen LogP contribution in [0.2, 0.25) is 0 Å². The number of halogens is 1. The fourth-order valence-electron chi connectivity index (χ4n) is 1.29. The van der Waals surface area contributed by atoms with E-state index in [0.29, 0.717) is 0 Å². The van der Waals surface area contributed by atoms with E-state index in [1.165, 1.54) is 0 Å². The van der Waals surface area contributed by atoms with Crippen molar-refractivity contribution in [1.29, 1.82) is 0 Å². The molecule has 0 unspecified atom stereocenters. The largest absolute Gasteiger partial charge is 0.480 e. The molecule has 3 nitrogen and oxygen atoms in total. The number of nitrogens with zero attached hydrogens (tertiary/aromatic N) is 1. The van der Waals surface area contributed by atoms with Crippen LogP contribution in [-0.4, -0.2) is 35.1 Å². The fourth-order valence-corrected chi connectivity index (χ4v) is 1.29. The summed E-state index contributed by atoms with van der Waals surface area (Å²) in [6, 6.07) is -0.289. The molecule has 0 saturated carbocycles. The molecule has 1 saturated heterocycles. The lowest BCUT2D eigenvalue weighted by atomic mass is 10.3. The van der Waals surface area contributed by atoms with Crippen molar-refractivity contribution < 1.29 is 9.90 Å². The minimum atomic E-state index is -0.707.